The predicted molar refractivity (Wildman–Crippen MR) is 214 cm³/mol. The second-order valence-electron chi connectivity index (χ2n) is 10.4. The third-order valence-corrected chi connectivity index (χ3v) is 12.0. The molecule has 49 heavy (non-hydrogen) atoms. The van der Waals surface area contributed by atoms with Gasteiger partial charge in [0.15, 0.2) is 0 Å². The van der Waals surface area contributed by atoms with Crippen LogP contribution in [0, 0.1) is 6.08 Å². The molecular formula is C45H37ClP2Pt. The van der Waals surface area contributed by atoms with E-state index in [-0.39, 0.29) is 0 Å². The van der Waals surface area contributed by atoms with E-state index in [0.717, 1.165) is 5.56 Å². The molecule has 0 radical (unpaired) electrons. The molecule has 0 atom stereocenters. The average molecular weight is 870 g/mol. The molecule has 0 amide bonds. The molecule has 0 saturated carbocycles. The minimum Gasteiger partial charge on any atom is -0.0622 e. The standard InChI is InChI=1S/2C18H15P.C9H7.ClH.Pt/c2*1-4-10-16(11-5-1)19(17-12-6-2-7-13-17)18-14-8-3-9-15-18;1-2-6-9-7-4-3-5-8-9;;/h2*1-15H;3-5,7-8H,1H2;1H;/q;;-1;;+2/p-1. The fourth-order valence-electron chi connectivity index (χ4n) is 4.98. The largest absolute Gasteiger partial charge is 0.0622 e. The van der Waals surface area contributed by atoms with Crippen LogP contribution in [-0.4, -0.2) is 0 Å². The molecule has 244 valence electrons. The van der Waals surface area contributed by atoms with Crippen LogP contribution in [0.5, 0.6) is 0 Å². The Kier molecular flexibility index (Phi) is 17.3. The Morgan fingerprint density at radius 1 is 0.347 bits per heavy atom. The first-order valence-corrected chi connectivity index (χ1v) is 21.2. The van der Waals surface area contributed by atoms with Gasteiger partial charge in [-0.15, -0.1) is 36.4 Å². The van der Waals surface area contributed by atoms with Gasteiger partial charge in [-0.05, 0) is 47.7 Å². The van der Waals surface area contributed by atoms with Crippen molar-refractivity contribution >= 4 is 57.1 Å². The topological polar surface area (TPSA) is 0 Å². The van der Waals surface area contributed by atoms with E-state index in [0.29, 0.717) is 0 Å². The second-order valence-corrected chi connectivity index (χ2v) is 14.8. The van der Waals surface area contributed by atoms with Gasteiger partial charge in [-0.2, -0.15) is 0 Å². The van der Waals surface area contributed by atoms with Crippen molar-refractivity contribution in [3.8, 4) is 0 Å². The van der Waals surface area contributed by atoms with Crippen LogP contribution in [0.15, 0.2) is 225 Å². The van der Waals surface area contributed by atoms with Crippen molar-refractivity contribution in [2.75, 3.05) is 0 Å². The molecule has 0 N–H and O–H groups in total. The van der Waals surface area contributed by atoms with Gasteiger partial charge in [-0.3, -0.25) is 0 Å². The fourth-order valence-corrected chi connectivity index (χ4v) is 9.59. The minimum absolute atomic E-state index is 0.446. The molecule has 0 unspecified atom stereocenters. The van der Waals surface area contributed by atoms with Gasteiger partial charge >= 0.3 is 28.2 Å². The zero-order valence-electron chi connectivity index (χ0n) is 27.0. The third-order valence-electron chi connectivity index (χ3n) is 7.09. The maximum atomic E-state index is 4.61. The number of hydrogen-bond donors (Lipinski definition) is 0. The van der Waals surface area contributed by atoms with Crippen LogP contribution >= 0.6 is 25.3 Å². The van der Waals surface area contributed by atoms with E-state index in [9.17, 15) is 0 Å². The molecular weight excluding hydrogens is 833 g/mol. The van der Waals surface area contributed by atoms with E-state index < -0.39 is 15.8 Å². The summed E-state index contributed by atoms with van der Waals surface area (Å²) >= 11 is 1.61. The Bertz CT molecular complexity index is 1600. The van der Waals surface area contributed by atoms with Gasteiger partial charge in [0.05, 0.1) is 0 Å². The molecule has 0 nitrogen and oxygen atoms in total. The van der Waals surface area contributed by atoms with E-state index in [1.54, 1.807) is 18.8 Å². The Balaban J connectivity index is 0.000000171. The molecule has 4 heteroatoms. The molecule has 0 aromatic heterocycles. The molecule has 0 aliphatic heterocycles. The van der Waals surface area contributed by atoms with Gasteiger partial charge < -0.3 is 0 Å². The maximum Gasteiger partial charge on any atom is -0.0134 e. The zero-order chi connectivity index (χ0) is 34.4. The summed E-state index contributed by atoms with van der Waals surface area (Å²) in [5.74, 6) is 0. The molecule has 7 rings (SSSR count). The molecule has 0 bridgehead atoms. The number of hydrogen-bond acceptors (Lipinski definition) is 0. The zero-order valence-corrected chi connectivity index (χ0v) is 31.8. The first kappa shape index (κ1) is 37.7. The Morgan fingerprint density at radius 3 is 0.714 bits per heavy atom. The van der Waals surface area contributed by atoms with Gasteiger partial charge in [0.2, 0.25) is 0 Å². The van der Waals surface area contributed by atoms with Crippen LogP contribution in [0.3, 0.4) is 0 Å². The van der Waals surface area contributed by atoms with Crippen molar-refractivity contribution in [2.45, 2.75) is 0 Å². The number of rotatable bonds is 7. The summed E-state index contributed by atoms with van der Waals surface area (Å²) in [6.45, 7) is 3.42. The quantitative estimate of drug-likeness (QED) is 0.0851. The molecule has 0 fully saturated rings. The van der Waals surface area contributed by atoms with E-state index >= 15 is 0 Å². The summed E-state index contributed by atoms with van der Waals surface area (Å²) in [6, 6.07) is 74.4. The summed E-state index contributed by atoms with van der Waals surface area (Å²) < 4.78 is 0. The number of halogens is 1. The van der Waals surface area contributed by atoms with Crippen molar-refractivity contribution in [2.24, 2.45) is 0 Å². The van der Waals surface area contributed by atoms with E-state index in [2.05, 4.69) is 210 Å². The van der Waals surface area contributed by atoms with Gasteiger partial charge in [0.1, 0.15) is 0 Å². The van der Waals surface area contributed by atoms with E-state index in [1.165, 1.54) is 31.8 Å². The predicted octanol–water partition coefficient (Wildman–Crippen LogP) is 9.76. The third kappa shape index (κ3) is 12.4. The van der Waals surface area contributed by atoms with Gasteiger partial charge in [-0.1, -0.05) is 194 Å². The van der Waals surface area contributed by atoms with E-state index in [1.807, 2.05) is 30.3 Å². The Morgan fingerprint density at radius 2 is 0.531 bits per heavy atom. The van der Waals surface area contributed by atoms with Crippen molar-refractivity contribution in [1.82, 2.24) is 0 Å². The molecule has 0 spiro atoms. The summed E-state index contributed by atoms with van der Waals surface area (Å²) in [4.78, 5) is 0. The SMILES string of the molecule is C=C=[C-]c1ccccc1.[Cl][Pt+].c1ccc(P(c2ccccc2)c2ccccc2)cc1.c1ccc(P(c2ccccc2)c2ccccc2)cc1. The monoisotopic (exact) mass is 869 g/mol. The second kappa shape index (κ2) is 22.5. The van der Waals surface area contributed by atoms with Crippen molar-refractivity contribution in [3.63, 3.8) is 0 Å². The van der Waals surface area contributed by atoms with Crippen LogP contribution in [0.2, 0.25) is 0 Å². The Labute approximate surface area is 310 Å². The maximum absolute atomic E-state index is 4.61. The number of benzene rings is 7. The summed E-state index contributed by atoms with van der Waals surface area (Å²) in [6.07, 6.45) is 2.85. The van der Waals surface area contributed by atoms with E-state index in [4.69, 9.17) is 0 Å². The molecule has 7 aromatic carbocycles. The molecule has 0 aliphatic carbocycles. The van der Waals surface area contributed by atoms with Crippen LogP contribution in [0.25, 0.3) is 0 Å². The molecule has 7 aromatic rings. The fraction of sp³-hybridized carbons (Fsp3) is 0. The van der Waals surface area contributed by atoms with Crippen LogP contribution < -0.4 is 31.8 Å². The molecule has 0 aliphatic rings. The van der Waals surface area contributed by atoms with Crippen LogP contribution in [0.4, 0.5) is 0 Å². The summed E-state index contributed by atoms with van der Waals surface area (Å²) in [5, 5.41) is 8.39. The normalized spacial score (nSPS) is 9.82. The van der Waals surface area contributed by atoms with Crippen molar-refractivity contribution < 1.29 is 18.8 Å². The molecule has 0 heterocycles. The first-order valence-electron chi connectivity index (χ1n) is 15.7. The van der Waals surface area contributed by atoms with Crippen molar-refractivity contribution in [1.29, 1.82) is 0 Å². The first-order chi connectivity index (χ1) is 24.3. The summed E-state index contributed by atoms with van der Waals surface area (Å²) in [5.41, 5.74) is 3.60. The van der Waals surface area contributed by atoms with Crippen LogP contribution in [-0.2, 0) is 18.8 Å². The smallest absolute Gasteiger partial charge is 0.0134 e. The average Bonchev–Trinajstić information content (AvgIpc) is 3.20. The van der Waals surface area contributed by atoms with Gasteiger partial charge in [-0.25, -0.2) is 5.73 Å². The molecule has 0 saturated heterocycles. The van der Waals surface area contributed by atoms with Gasteiger partial charge in [0.25, 0.3) is 0 Å². The van der Waals surface area contributed by atoms with Gasteiger partial charge in [0, 0.05) is 0 Å². The van der Waals surface area contributed by atoms with Crippen LogP contribution in [0.1, 0.15) is 5.56 Å². The minimum atomic E-state index is -0.446. The van der Waals surface area contributed by atoms with Crippen molar-refractivity contribution in [3.05, 3.63) is 236 Å². The Hall–Kier alpha value is -4.10. The summed E-state index contributed by atoms with van der Waals surface area (Å²) in [7, 11) is 3.72.